The van der Waals surface area contributed by atoms with E-state index >= 15 is 0 Å². The normalized spacial score (nSPS) is 10.4. The summed E-state index contributed by atoms with van der Waals surface area (Å²) in [4.78, 5) is 28.9. The van der Waals surface area contributed by atoms with Gasteiger partial charge in [-0.25, -0.2) is 18.6 Å². The van der Waals surface area contributed by atoms with E-state index in [9.17, 15) is 18.4 Å². The highest BCUT2D eigenvalue weighted by Crippen LogP contribution is 2.18. The van der Waals surface area contributed by atoms with Crippen LogP contribution in [0.4, 0.5) is 14.5 Å². The molecule has 110 valence electrons. The van der Waals surface area contributed by atoms with E-state index in [0.29, 0.717) is 5.03 Å². The summed E-state index contributed by atoms with van der Waals surface area (Å²) in [6.07, 6.45) is 1.41. The Morgan fingerprint density at radius 1 is 1.38 bits per heavy atom. The first kappa shape index (κ1) is 15.2. The first-order valence-electron chi connectivity index (χ1n) is 5.89. The number of H-pyrrole nitrogens is 1. The molecule has 0 aliphatic rings. The first-order valence-corrected chi connectivity index (χ1v) is 6.88. The Hall–Kier alpha value is -2.22. The fourth-order valence-corrected chi connectivity index (χ4v) is 2.29. The van der Waals surface area contributed by atoms with Crippen molar-refractivity contribution < 1.29 is 13.6 Å². The fourth-order valence-electron chi connectivity index (χ4n) is 1.50. The molecule has 0 aliphatic heterocycles. The van der Waals surface area contributed by atoms with Gasteiger partial charge >= 0.3 is 5.69 Å². The van der Waals surface area contributed by atoms with E-state index in [1.54, 1.807) is 6.92 Å². The van der Waals surface area contributed by atoms with E-state index in [2.05, 4.69) is 15.3 Å². The highest BCUT2D eigenvalue weighted by atomic mass is 32.2. The number of rotatable bonds is 4. The molecule has 1 heterocycles. The zero-order chi connectivity index (χ0) is 15.4. The van der Waals surface area contributed by atoms with Gasteiger partial charge in [0.25, 0.3) is 0 Å². The van der Waals surface area contributed by atoms with Crippen LogP contribution in [0.3, 0.4) is 0 Å². The minimum Gasteiger partial charge on any atom is -0.325 e. The summed E-state index contributed by atoms with van der Waals surface area (Å²) in [5.74, 6) is -2.40. The van der Waals surface area contributed by atoms with Gasteiger partial charge in [-0.2, -0.15) is 0 Å². The Labute approximate surface area is 122 Å². The van der Waals surface area contributed by atoms with Crippen LogP contribution in [0.2, 0.25) is 0 Å². The van der Waals surface area contributed by atoms with Crippen LogP contribution in [0, 0.1) is 18.6 Å². The Kier molecular flexibility index (Phi) is 4.69. The molecule has 0 atom stereocenters. The second-order valence-electron chi connectivity index (χ2n) is 4.17. The average Bonchev–Trinajstić information content (AvgIpc) is 2.44. The third-order valence-corrected chi connectivity index (χ3v) is 3.62. The SMILES string of the molecule is Cc1cnc(=O)[nH]c1SCC(=O)Nc1ccc(F)c(F)c1. The van der Waals surface area contributed by atoms with Crippen LogP contribution in [0.25, 0.3) is 0 Å². The van der Waals surface area contributed by atoms with Crippen molar-refractivity contribution in [3.8, 4) is 0 Å². The number of aryl methyl sites for hydroxylation is 1. The van der Waals surface area contributed by atoms with Gasteiger partial charge in [0.15, 0.2) is 11.6 Å². The summed E-state index contributed by atoms with van der Waals surface area (Å²) in [6, 6.07) is 3.10. The highest BCUT2D eigenvalue weighted by Gasteiger charge is 2.08. The van der Waals surface area contributed by atoms with Gasteiger partial charge < -0.3 is 10.3 Å². The number of aromatic amines is 1. The maximum atomic E-state index is 13.0. The van der Waals surface area contributed by atoms with Gasteiger partial charge in [0.1, 0.15) is 0 Å². The number of nitrogens with zero attached hydrogens (tertiary/aromatic N) is 1. The van der Waals surface area contributed by atoms with Gasteiger partial charge in [-0.1, -0.05) is 11.8 Å². The summed E-state index contributed by atoms with van der Waals surface area (Å²) in [6.45, 7) is 1.75. The molecule has 8 heteroatoms. The minimum absolute atomic E-state index is 0.0137. The van der Waals surface area contributed by atoms with Crippen molar-refractivity contribution in [2.45, 2.75) is 11.9 Å². The lowest BCUT2D eigenvalue weighted by molar-refractivity contribution is -0.113. The van der Waals surface area contributed by atoms with E-state index in [4.69, 9.17) is 0 Å². The van der Waals surface area contributed by atoms with Crippen molar-refractivity contribution in [3.05, 3.63) is 52.1 Å². The lowest BCUT2D eigenvalue weighted by Gasteiger charge is -2.06. The second-order valence-corrected chi connectivity index (χ2v) is 5.15. The summed E-state index contributed by atoms with van der Waals surface area (Å²) < 4.78 is 25.8. The second kappa shape index (κ2) is 6.49. The maximum Gasteiger partial charge on any atom is 0.345 e. The predicted octanol–water partition coefficient (Wildman–Crippen LogP) is 2.09. The topological polar surface area (TPSA) is 74.8 Å². The number of anilines is 1. The largest absolute Gasteiger partial charge is 0.345 e. The highest BCUT2D eigenvalue weighted by molar-refractivity contribution is 8.00. The Morgan fingerprint density at radius 2 is 2.14 bits per heavy atom. The van der Waals surface area contributed by atoms with Gasteiger partial charge in [-0.15, -0.1) is 0 Å². The van der Waals surface area contributed by atoms with Crippen molar-refractivity contribution in [1.29, 1.82) is 0 Å². The molecule has 0 fully saturated rings. The lowest BCUT2D eigenvalue weighted by atomic mass is 10.3. The molecule has 2 N–H and O–H groups in total. The first-order chi connectivity index (χ1) is 9.95. The summed E-state index contributed by atoms with van der Waals surface area (Å²) >= 11 is 1.12. The number of nitrogens with one attached hydrogen (secondary N) is 2. The molecule has 2 rings (SSSR count). The van der Waals surface area contributed by atoms with Crippen LogP contribution in [-0.2, 0) is 4.79 Å². The summed E-state index contributed by atoms with van der Waals surface area (Å²) in [5.41, 5.74) is 0.406. The number of hydrogen-bond acceptors (Lipinski definition) is 4. The molecule has 1 amide bonds. The van der Waals surface area contributed by atoms with Gasteiger partial charge in [-0.3, -0.25) is 4.79 Å². The Morgan fingerprint density at radius 3 is 2.86 bits per heavy atom. The predicted molar refractivity (Wildman–Crippen MR) is 75.3 cm³/mol. The molecular weight excluding hydrogens is 300 g/mol. The molecule has 0 bridgehead atoms. The molecule has 0 aliphatic carbocycles. The molecule has 5 nitrogen and oxygen atoms in total. The average molecular weight is 311 g/mol. The van der Waals surface area contributed by atoms with E-state index in [1.807, 2.05) is 0 Å². The number of benzene rings is 1. The van der Waals surface area contributed by atoms with E-state index in [-0.39, 0.29) is 11.4 Å². The number of thioether (sulfide) groups is 1. The van der Waals surface area contributed by atoms with Crippen LogP contribution in [0.15, 0.2) is 34.2 Å². The third kappa shape index (κ3) is 4.12. The monoisotopic (exact) mass is 311 g/mol. The molecule has 0 radical (unpaired) electrons. The summed E-state index contributed by atoms with van der Waals surface area (Å²) in [7, 11) is 0. The smallest absolute Gasteiger partial charge is 0.325 e. The van der Waals surface area contributed by atoms with Crippen LogP contribution in [0.5, 0.6) is 0 Å². The number of aromatic nitrogens is 2. The van der Waals surface area contributed by atoms with Crippen LogP contribution < -0.4 is 11.0 Å². The molecule has 0 spiro atoms. The Bertz CT molecular complexity index is 734. The standard InChI is InChI=1S/C13H11F2N3O2S/c1-7-5-16-13(20)18-12(7)21-6-11(19)17-8-2-3-9(14)10(15)4-8/h2-5H,6H2,1H3,(H,17,19)(H,16,18,20). The van der Waals surface area contributed by atoms with Gasteiger partial charge in [0.2, 0.25) is 5.91 Å². The lowest BCUT2D eigenvalue weighted by Crippen LogP contribution is -2.16. The van der Waals surface area contributed by atoms with Crippen molar-refractivity contribution in [1.82, 2.24) is 9.97 Å². The molecule has 21 heavy (non-hydrogen) atoms. The molecular formula is C13H11F2N3O2S. The number of amides is 1. The minimum atomic E-state index is -1.03. The van der Waals surface area contributed by atoms with Crippen LogP contribution in [0.1, 0.15) is 5.56 Å². The molecule has 1 aromatic heterocycles. The van der Waals surface area contributed by atoms with Crippen molar-refractivity contribution >= 4 is 23.4 Å². The van der Waals surface area contributed by atoms with E-state index in [1.165, 1.54) is 12.3 Å². The van der Waals surface area contributed by atoms with Gasteiger partial charge in [0.05, 0.1) is 10.8 Å². The molecule has 2 aromatic rings. The van der Waals surface area contributed by atoms with Gasteiger partial charge in [-0.05, 0) is 24.6 Å². The number of halogens is 2. The molecule has 1 aromatic carbocycles. The third-order valence-electron chi connectivity index (χ3n) is 2.51. The number of carbonyl (C=O) groups is 1. The molecule has 0 saturated carbocycles. The van der Waals surface area contributed by atoms with Crippen molar-refractivity contribution in [2.75, 3.05) is 11.1 Å². The van der Waals surface area contributed by atoms with E-state index in [0.717, 1.165) is 29.5 Å². The number of hydrogen-bond donors (Lipinski definition) is 2. The van der Waals surface area contributed by atoms with Crippen LogP contribution >= 0.6 is 11.8 Å². The Balaban J connectivity index is 1.97. The maximum absolute atomic E-state index is 13.0. The quantitative estimate of drug-likeness (QED) is 0.670. The van der Waals surface area contributed by atoms with Crippen LogP contribution in [-0.4, -0.2) is 21.6 Å². The van der Waals surface area contributed by atoms with Gasteiger partial charge in [0, 0.05) is 18.0 Å². The molecule has 0 saturated heterocycles. The zero-order valence-corrected chi connectivity index (χ0v) is 11.8. The van der Waals surface area contributed by atoms with E-state index < -0.39 is 23.2 Å². The van der Waals surface area contributed by atoms with Crippen molar-refractivity contribution in [2.24, 2.45) is 0 Å². The number of carbonyl (C=O) groups excluding carboxylic acids is 1. The molecule has 0 unspecified atom stereocenters. The zero-order valence-electron chi connectivity index (χ0n) is 10.9. The van der Waals surface area contributed by atoms with Crippen molar-refractivity contribution in [3.63, 3.8) is 0 Å². The fraction of sp³-hybridized carbons (Fsp3) is 0.154. The summed E-state index contributed by atoms with van der Waals surface area (Å²) in [5, 5.41) is 2.98.